The molecule has 0 radical (unpaired) electrons. The lowest BCUT2D eigenvalue weighted by molar-refractivity contribution is -0.121. The Bertz CT molecular complexity index is 429. The summed E-state index contributed by atoms with van der Waals surface area (Å²) < 4.78 is 5.28. The van der Waals surface area contributed by atoms with Gasteiger partial charge in [0, 0.05) is 31.7 Å². The lowest BCUT2D eigenvalue weighted by atomic mass is 10.1. The summed E-state index contributed by atoms with van der Waals surface area (Å²) in [4.78, 5) is 23.0. The lowest BCUT2D eigenvalue weighted by Gasteiger charge is -2.07. The number of Topliss-reactive ketones (excluding diaryl/α,β-unsaturated/α-hetero) is 1. The van der Waals surface area contributed by atoms with Gasteiger partial charge in [-0.2, -0.15) is 0 Å². The van der Waals surface area contributed by atoms with E-state index in [0.29, 0.717) is 37.3 Å². The van der Waals surface area contributed by atoms with E-state index < -0.39 is 6.09 Å². The van der Waals surface area contributed by atoms with Crippen LogP contribution in [0.4, 0.5) is 4.79 Å². The van der Waals surface area contributed by atoms with Gasteiger partial charge >= 0.3 is 6.09 Å². The van der Waals surface area contributed by atoms with Crippen LogP contribution in [-0.4, -0.2) is 25.0 Å². The molecule has 1 unspecified atom stereocenters. The molecule has 3 atom stereocenters. The minimum atomic E-state index is -0.401. The highest BCUT2D eigenvalue weighted by molar-refractivity contribution is 5.80. The number of alkyl carbamates (subject to hydrolysis) is 1. The number of hydrogen-bond donors (Lipinski definition) is 1. The fourth-order valence-electron chi connectivity index (χ4n) is 3.08. The number of ketones is 1. The molecule has 1 N–H and O–H groups in total. The quantitative estimate of drug-likeness (QED) is 0.766. The van der Waals surface area contributed by atoms with Crippen molar-refractivity contribution in [3.05, 3.63) is 0 Å². The topological polar surface area (TPSA) is 55.4 Å². The van der Waals surface area contributed by atoms with Crippen LogP contribution < -0.4 is 5.32 Å². The van der Waals surface area contributed by atoms with Crippen LogP contribution in [0.1, 0.15) is 46.0 Å². The third-order valence-electron chi connectivity index (χ3n) is 4.53. The van der Waals surface area contributed by atoms with Gasteiger partial charge in [-0.25, -0.2) is 4.79 Å². The van der Waals surface area contributed by atoms with E-state index in [2.05, 4.69) is 17.2 Å². The lowest BCUT2D eigenvalue weighted by Crippen LogP contribution is -2.28. The Morgan fingerprint density at radius 1 is 1.19 bits per heavy atom. The number of nitrogens with one attached hydrogen (secondary N) is 1. The second-order valence-electron chi connectivity index (χ2n) is 6.32. The summed E-state index contributed by atoms with van der Waals surface area (Å²) in [5.74, 6) is 8.42. The predicted octanol–water partition coefficient (Wildman–Crippen LogP) is 2.77. The zero-order chi connectivity index (χ0) is 15.2. The molecular formula is C17H25NO3. The summed E-state index contributed by atoms with van der Waals surface area (Å²) in [6.07, 6.45) is 4.19. The van der Waals surface area contributed by atoms with E-state index in [4.69, 9.17) is 4.74 Å². The van der Waals surface area contributed by atoms with Crippen molar-refractivity contribution in [1.82, 2.24) is 5.32 Å². The molecule has 2 aliphatic carbocycles. The van der Waals surface area contributed by atoms with E-state index in [1.807, 2.05) is 13.8 Å². The summed E-state index contributed by atoms with van der Waals surface area (Å²) >= 11 is 0. The van der Waals surface area contributed by atoms with E-state index in [1.165, 1.54) is 0 Å². The summed E-state index contributed by atoms with van der Waals surface area (Å²) in [5.41, 5.74) is 0. The number of rotatable bonds is 6. The van der Waals surface area contributed by atoms with Gasteiger partial charge in [0.2, 0.25) is 0 Å². The highest BCUT2D eigenvalue weighted by Crippen LogP contribution is 2.52. The highest BCUT2D eigenvalue weighted by atomic mass is 16.5. The highest BCUT2D eigenvalue weighted by Gasteiger charge is 2.49. The van der Waals surface area contributed by atoms with Gasteiger partial charge in [-0.1, -0.05) is 13.8 Å². The van der Waals surface area contributed by atoms with E-state index in [9.17, 15) is 9.59 Å². The fourth-order valence-corrected chi connectivity index (χ4v) is 3.08. The van der Waals surface area contributed by atoms with E-state index >= 15 is 0 Å². The molecule has 1 saturated carbocycles. The van der Waals surface area contributed by atoms with E-state index in [-0.39, 0.29) is 11.7 Å². The molecule has 21 heavy (non-hydrogen) atoms. The van der Waals surface area contributed by atoms with Crippen LogP contribution in [0.3, 0.4) is 0 Å². The van der Waals surface area contributed by atoms with Gasteiger partial charge in [0.05, 0.1) is 6.61 Å². The second-order valence-corrected chi connectivity index (χ2v) is 6.32. The number of carbonyl (C=O) groups excluding carboxylic acids is 2. The average molecular weight is 291 g/mol. The van der Waals surface area contributed by atoms with Crippen molar-refractivity contribution in [2.75, 3.05) is 13.2 Å². The van der Waals surface area contributed by atoms with Gasteiger partial charge in [0.25, 0.3) is 0 Å². The Hall–Kier alpha value is -1.50. The largest absolute Gasteiger partial charge is 0.449 e. The van der Waals surface area contributed by atoms with Gasteiger partial charge < -0.3 is 10.1 Å². The van der Waals surface area contributed by atoms with Crippen LogP contribution in [0.15, 0.2) is 0 Å². The Labute approximate surface area is 127 Å². The van der Waals surface area contributed by atoms with Crippen molar-refractivity contribution in [2.24, 2.45) is 23.7 Å². The van der Waals surface area contributed by atoms with Crippen LogP contribution in [0.2, 0.25) is 0 Å². The van der Waals surface area contributed by atoms with E-state index in [0.717, 1.165) is 25.7 Å². The van der Waals surface area contributed by atoms with E-state index in [1.54, 1.807) is 0 Å². The van der Waals surface area contributed by atoms with Gasteiger partial charge in [-0.3, -0.25) is 4.79 Å². The van der Waals surface area contributed by atoms with Crippen LogP contribution in [0.5, 0.6) is 0 Å². The molecular weight excluding hydrogens is 266 g/mol. The fraction of sp³-hybridized carbons (Fsp3) is 0.765. The smallest absolute Gasteiger partial charge is 0.407 e. The third kappa shape index (κ3) is 4.77. The number of fused-ring (bicyclic) bond motifs is 1. The molecule has 0 aliphatic heterocycles. The van der Waals surface area contributed by atoms with Crippen molar-refractivity contribution >= 4 is 11.9 Å². The number of carbonyl (C=O) groups is 2. The molecule has 116 valence electrons. The third-order valence-corrected chi connectivity index (χ3v) is 4.53. The Balaban J connectivity index is 1.59. The molecule has 0 heterocycles. The SMILES string of the molecule is CC(C)C(=O)CCNC(=O)OCC1[C@H]2CCC#CCC[C@@H]12. The Morgan fingerprint density at radius 3 is 2.38 bits per heavy atom. The molecule has 0 aromatic rings. The summed E-state index contributed by atoms with van der Waals surface area (Å²) in [6, 6.07) is 0. The van der Waals surface area contributed by atoms with Crippen molar-refractivity contribution in [3.63, 3.8) is 0 Å². The zero-order valence-corrected chi connectivity index (χ0v) is 13.0. The number of hydrogen-bond acceptors (Lipinski definition) is 3. The first kappa shape index (κ1) is 15.9. The first-order chi connectivity index (χ1) is 10.1. The van der Waals surface area contributed by atoms with Gasteiger partial charge in [0.1, 0.15) is 5.78 Å². The average Bonchev–Trinajstić information content (AvgIpc) is 3.06. The molecule has 0 aromatic heterocycles. The maximum Gasteiger partial charge on any atom is 0.407 e. The van der Waals surface area contributed by atoms with Crippen molar-refractivity contribution in [2.45, 2.75) is 46.0 Å². The number of ether oxygens (including phenoxy) is 1. The minimum absolute atomic E-state index is 0.0208. The van der Waals surface area contributed by atoms with Crippen LogP contribution >= 0.6 is 0 Å². The molecule has 1 fully saturated rings. The summed E-state index contributed by atoms with van der Waals surface area (Å²) in [7, 11) is 0. The minimum Gasteiger partial charge on any atom is -0.449 e. The molecule has 0 aromatic carbocycles. The van der Waals surface area contributed by atoms with Crippen LogP contribution in [0.25, 0.3) is 0 Å². The molecule has 0 spiro atoms. The van der Waals surface area contributed by atoms with Gasteiger partial charge in [0.15, 0.2) is 0 Å². The molecule has 4 heteroatoms. The molecule has 2 aliphatic rings. The normalized spacial score (nSPS) is 26.7. The van der Waals surface area contributed by atoms with Crippen molar-refractivity contribution < 1.29 is 14.3 Å². The standard InChI is InChI=1S/C17H25NO3/c1-12(2)16(19)9-10-18-17(20)21-11-15-13-7-5-3-4-6-8-14(13)15/h12-15H,5-11H2,1-2H3,(H,18,20)/t13-,14+,15?. The molecule has 1 amide bonds. The molecule has 0 saturated heterocycles. The summed E-state index contributed by atoms with van der Waals surface area (Å²) in [5, 5.41) is 2.65. The van der Waals surface area contributed by atoms with Gasteiger partial charge in [-0.05, 0) is 30.6 Å². The molecule has 4 nitrogen and oxygen atoms in total. The first-order valence-corrected chi connectivity index (χ1v) is 7.98. The zero-order valence-electron chi connectivity index (χ0n) is 13.0. The van der Waals surface area contributed by atoms with Gasteiger partial charge in [-0.15, -0.1) is 11.8 Å². The Kier molecular flexibility index (Phi) is 5.67. The second kappa shape index (κ2) is 7.49. The first-order valence-electron chi connectivity index (χ1n) is 7.98. The summed E-state index contributed by atoms with van der Waals surface area (Å²) in [6.45, 7) is 4.59. The maximum atomic E-state index is 11.6. The maximum absolute atomic E-state index is 11.6. The predicted molar refractivity (Wildman–Crippen MR) is 80.5 cm³/mol. The number of amides is 1. The van der Waals surface area contributed by atoms with Crippen molar-refractivity contribution in [1.29, 1.82) is 0 Å². The Morgan fingerprint density at radius 2 is 1.81 bits per heavy atom. The van der Waals surface area contributed by atoms with Crippen LogP contribution in [-0.2, 0) is 9.53 Å². The van der Waals surface area contributed by atoms with Crippen molar-refractivity contribution in [3.8, 4) is 11.8 Å². The molecule has 0 bridgehead atoms. The molecule has 2 rings (SSSR count). The monoisotopic (exact) mass is 291 g/mol. The van der Waals surface area contributed by atoms with Crippen LogP contribution in [0, 0.1) is 35.5 Å².